The number of hydrogen-bond acceptors (Lipinski definition) is 5. The second-order valence-electron chi connectivity index (χ2n) is 5.70. The standard InChI is InChI=1S/C13H20N2OS2/c1-9-7-15(5-6-17-9)12-14-11(13(2,3)4)10(8-16)18-12/h8-9H,5-7H2,1-4H3. The Hall–Kier alpha value is -0.550. The third-order valence-electron chi connectivity index (χ3n) is 2.97. The molecule has 1 aliphatic heterocycles. The van der Waals surface area contributed by atoms with E-state index in [-0.39, 0.29) is 5.41 Å². The third kappa shape index (κ3) is 2.88. The highest BCUT2D eigenvalue weighted by molar-refractivity contribution is 8.00. The van der Waals surface area contributed by atoms with Crippen molar-refractivity contribution in [3.63, 3.8) is 0 Å². The zero-order valence-electron chi connectivity index (χ0n) is 11.4. The predicted molar refractivity (Wildman–Crippen MR) is 80.3 cm³/mol. The molecule has 0 N–H and O–H groups in total. The molecule has 0 saturated carbocycles. The van der Waals surface area contributed by atoms with Gasteiger partial charge in [0.1, 0.15) is 0 Å². The van der Waals surface area contributed by atoms with Gasteiger partial charge in [0, 0.05) is 29.5 Å². The molecule has 0 amide bonds. The molecule has 100 valence electrons. The van der Waals surface area contributed by atoms with E-state index in [9.17, 15) is 4.79 Å². The lowest BCUT2D eigenvalue weighted by Gasteiger charge is -2.30. The Morgan fingerprint density at radius 3 is 2.67 bits per heavy atom. The molecule has 1 saturated heterocycles. The van der Waals surface area contributed by atoms with Crippen LogP contribution < -0.4 is 4.90 Å². The van der Waals surface area contributed by atoms with E-state index in [1.807, 2.05) is 11.8 Å². The van der Waals surface area contributed by atoms with Gasteiger partial charge in [0.2, 0.25) is 0 Å². The zero-order valence-corrected chi connectivity index (χ0v) is 13.0. The van der Waals surface area contributed by atoms with Gasteiger partial charge in [0.15, 0.2) is 11.4 Å². The Labute approximate surface area is 117 Å². The maximum absolute atomic E-state index is 11.2. The van der Waals surface area contributed by atoms with E-state index in [1.54, 1.807) is 0 Å². The van der Waals surface area contributed by atoms with E-state index >= 15 is 0 Å². The van der Waals surface area contributed by atoms with Gasteiger partial charge in [-0.15, -0.1) is 0 Å². The highest BCUT2D eigenvalue weighted by atomic mass is 32.2. The van der Waals surface area contributed by atoms with Crippen LogP contribution in [0.1, 0.15) is 43.1 Å². The van der Waals surface area contributed by atoms with Gasteiger partial charge in [0.25, 0.3) is 0 Å². The summed E-state index contributed by atoms with van der Waals surface area (Å²) in [6.07, 6.45) is 0.948. The Morgan fingerprint density at radius 1 is 1.44 bits per heavy atom. The lowest BCUT2D eigenvalue weighted by atomic mass is 9.91. The molecular formula is C13H20N2OS2. The number of anilines is 1. The molecule has 0 spiro atoms. The molecule has 1 aromatic heterocycles. The average Bonchev–Trinajstić information content (AvgIpc) is 2.72. The topological polar surface area (TPSA) is 33.2 Å². The largest absolute Gasteiger partial charge is 0.346 e. The molecule has 2 heterocycles. The van der Waals surface area contributed by atoms with Crippen molar-refractivity contribution < 1.29 is 4.79 Å². The molecule has 0 bridgehead atoms. The van der Waals surface area contributed by atoms with Crippen molar-refractivity contribution in [2.45, 2.75) is 38.4 Å². The van der Waals surface area contributed by atoms with Crippen LogP contribution in [0.15, 0.2) is 0 Å². The van der Waals surface area contributed by atoms with Crippen LogP contribution in [0, 0.1) is 0 Å². The van der Waals surface area contributed by atoms with Crippen LogP contribution in [-0.4, -0.2) is 35.4 Å². The molecule has 0 aliphatic carbocycles. The third-order valence-corrected chi connectivity index (χ3v) is 5.15. The number of thioether (sulfide) groups is 1. The van der Waals surface area contributed by atoms with E-state index in [0.29, 0.717) is 5.25 Å². The van der Waals surface area contributed by atoms with Crippen LogP contribution in [0.25, 0.3) is 0 Å². The summed E-state index contributed by atoms with van der Waals surface area (Å²) in [7, 11) is 0. The summed E-state index contributed by atoms with van der Waals surface area (Å²) in [6, 6.07) is 0. The molecule has 0 aromatic carbocycles. The zero-order chi connectivity index (χ0) is 13.3. The number of nitrogens with zero attached hydrogens (tertiary/aromatic N) is 2. The Balaban J connectivity index is 2.29. The number of carbonyl (C=O) groups is 1. The minimum atomic E-state index is -0.0683. The molecule has 0 radical (unpaired) electrons. The van der Waals surface area contributed by atoms with Crippen LogP contribution >= 0.6 is 23.1 Å². The van der Waals surface area contributed by atoms with Crippen LogP contribution in [0.4, 0.5) is 5.13 Å². The predicted octanol–water partition coefficient (Wildman–Crippen LogP) is 3.19. The molecular weight excluding hydrogens is 264 g/mol. The maximum Gasteiger partial charge on any atom is 0.186 e. The first-order chi connectivity index (χ1) is 8.41. The summed E-state index contributed by atoms with van der Waals surface area (Å²) in [4.78, 5) is 19.0. The Bertz CT molecular complexity index is 437. The van der Waals surface area contributed by atoms with Crippen molar-refractivity contribution in [1.29, 1.82) is 0 Å². The first-order valence-electron chi connectivity index (χ1n) is 6.25. The molecule has 1 atom stereocenters. The molecule has 2 rings (SSSR count). The van der Waals surface area contributed by atoms with E-state index in [1.165, 1.54) is 11.3 Å². The van der Waals surface area contributed by atoms with E-state index in [4.69, 9.17) is 4.98 Å². The van der Waals surface area contributed by atoms with Crippen LogP contribution in [0.2, 0.25) is 0 Å². The number of hydrogen-bond donors (Lipinski definition) is 0. The Morgan fingerprint density at radius 2 is 2.17 bits per heavy atom. The van der Waals surface area contributed by atoms with E-state index in [0.717, 1.165) is 40.8 Å². The van der Waals surface area contributed by atoms with Crippen LogP contribution in [-0.2, 0) is 5.41 Å². The van der Waals surface area contributed by atoms with Gasteiger partial charge in [0.05, 0.1) is 10.6 Å². The highest BCUT2D eigenvalue weighted by Crippen LogP contribution is 2.34. The lowest BCUT2D eigenvalue weighted by Crippen LogP contribution is -2.36. The summed E-state index contributed by atoms with van der Waals surface area (Å²) in [5, 5.41) is 1.65. The number of thiazole rings is 1. The van der Waals surface area contributed by atoms with Crippen LogP contribution in [0.5, 0.6) is 0 Å². The van der Waals surface area contributed by atoms with Gasteiger partial charge < -0.3 is 4.90 Å². The second kappa shape index (κ2) is 5.21. The normalized spacial score (nSPS) is 21.1. The minimum absolute atomic E-state index is 0.0683. The minimum Gasteiger partial charge on any atom is -0.346 e. The number of rotatable bonds is 2. The van der Waals surface area contributed by atoms with Crippen LogP contribution in [0.3, 0.4) is 0 Å². The molecule has 18 heavy (non-hydrogen) atoms. The highest BCUT2D eigenvalue weighted by Gasteiger charge is 2.26. The average molecular weight is 284 g/mol. The van der Waals surface area contributed by atoms with E-state index < -0.39 is 0 Å². The quantitative estimate of drug-likeness (QED) is 0.781. The van der Waals surface area contributed by atoms with Crippen molar-refractivity contribution >= 4 is 34.5 Å². The number of aromatic nitrogens is 1. The fourth-order valence-corrected chi connectivity index (χ4v) is 4.20. The Kier molecular flexibility index (Phi) is 4.02. The van der Waals surface area contributed by atoms with Crippen molar-refractivity contribution in [2.75, 3.05) is 23.7 Å². The summed E-state index contributed by atoms with van der Waals surface area (Å²) < 4.78 is 0. The number of carbonyl (C=O) groups excluding carboxylic acids is 1. The van der Waals surface area contributed by atoms with Crippen molar-refractivity contribution in [2.24, 2.45) is 0 Å². The molecule has 5 heteroatoms. The maximum atomic E-state index is 11.2. The molecule has 3 nitrogen and oxygen atoms in total. The summed E-state index contributed by atoms with van der Waals surface area (Å²) in [5.74, 6) is 1.14. The number of aldehydes is 1. The van der Waals surface area contributed by atoms with Gasteiger partial charge in [-0.3, -0.25) is 4.79 Å². The van der Waals surface area contributed by atoms with Gasteiger partial charge in [-0.1, -0.05) is 39.0 Å². The fourth-order valence-electron chi connectivity index (χ4n) is 2.06. The van der Waals surface area contributed by atoms with Gasteiger partial charge >= 0.3 is 0 Å². The second-order valence-corrected chi connectivity index (χ2v) is 8.26. The SMILES string of the molecule is CC1CN(c2nc(C(C)(C)C)c(C=O)s2)CCS1. The lowest BCUT2D eigenvalue weighted by molar-refractivity contribution is 0.112. The van der Waals surface area contributed by atoms with Crippen molar-refractivity contribution in [3.05, 3.63) is 10.6 Å². The summed E-state index contributed by atoms with van der Waals surface area (Å²) in [6.45, 7) is 10.6. The van der Waals surface area contributed by atoms with Crippen molar-refractivity contribution in [1.82, 2.24) is 4.98 Å². The van der Waals surface area contributed by atoms with Gasteiger partial charge in [-0.05, 0) is 0 Å². The fraction of sp³-hybridized carbons (Fsp3) is 0.692. The smallest absolute Gasteiger partial charge is 0.186 e. The first kappa shape index (κ1) is 13.9. The molecule has 1 unspecified atom stereocenters. The van der Waals surface area contributed by atoms with Crippen molar-refractivity contribution in [3.8, 4) is 0 Å². The molecule has 1 aliphatic rings. The monoisotopic (exact) mass is 284 g/mol. The van der Waals surface area contributed by atoms with Gasteiger partial charge in [-0.2, -0.15) is 11.8 Å². The van der Waals surface area contributed by atoms with Gasteiger partial charge in [-0.25, -0.2) is 4.98 Å². The van der Waals surface area contributed by atoms with E-state index in [2.05, 4.69) is 32.6 Å². The summed E-state index contributed by atoms with van der Waals surface area (Å²) in [5.41, 5.74) is 0.865. The summed E-state index contributed by atoms with van der Waals surface area (Å²) >= 11 is 3.54. The molecule has 1 fully saturated rings. The first-order valence-corrected chi connectivity index (χ1v) is 8.11. The molecule has 1 aromatic rings.